The number of hydrogen-bond acceptors (Lipinski definition) is 6. The summed E-state index contributed by atoms with van der Waals surface area (Å²) in [6.07, 6.45) is 3.17. The van der Waals surface area contributed by atoms with Gasteiger partial charge in [-0.1, -0.05) is 30.2 Å². The molecule has 2 aliphatic heterocycles. The molecule has 1 N–H and O–H groups in total. The van der Waals surface area contributed by atoms with E-state index in [0.29, 0.717) is 28.5 Å². The summed E-state index contributed by atoms with van der Waals surface area (Å²) in [5, 5.41) is 10.4. The van der Waals surface area contributed by atoms with Crippen LogP contribution in [-0.2, 0) is 19.2 Å². The first-order valence-corrected chi connectivity index (χ1v) is 15.4. The topological polar surface area (TPSA) is 104 Å². The number of halogens is 3. The fourth-order valence-corrected chi connectivity index (χ4v) is 8.49. The van der Waals surface area contributed by atoms with Crippen LogP contribution in [0.25, 0.3) is 0 Å². The van der Waals surface area contributed by atoms with Crippen molar-refractivity contribution in [2.45, 2.75) is 39.0 Å². The number of imide groups is 2. The van der Waals surface area contributed by atoms with E-state index in [1.807, 2.05) is 35.6 Å². The molecule has 11 heteroatoms. The standard InChI is InChI=1S/C31H29ClFIN2O6/c1-4-9-35-27(38)17-7-6-16-18(24(17)29(35)40)13-19-28(39)36(15-5-8-21(33)20(32)12-15)30(41)31(19,2)25(16)14-10-22(34)26(37)23(11-14)42-3/h5-6,8,10-12,17-19,24-25,37H,4,7,9,13H2,1-3H3. The summed E-state index contributed by atoms with van der Waals surface area (Å²) in [5.74, 6) is -4.94. The zero-order chi connectivity index (χ0) is 30.2. The number of phenols is 1. The van der Waals surface area contributed by atoms with Gasteiger partial charge in [-0.25, -0.2) is 9.29 Å². The SMILES string of the molecule is CCCN1C(=O)C2CC=C3C(CC4C(=O)N(c5ccc(F)c(Cl)c5)C(=O)C4(C)C3c3cc(I)c(O)c(OC)c3)C2C1=O. The molecule has 220 valence electrons. The van der Waals surface area contributed by atoms with Crippen LogP contribution >= 0.6 is 34.2 Å². The predicted octanol–water partition coefficient (Wildman–Crippen LogP) is 5.44. The molecule has 4 aliphatic rings. The molecule has 0 bridgehead atoms. The average Bonchev–Trinajstić information content (AvgIpc) is 3.31. The van der Waals surface area contributed by atoms with Crippen LogP contribution < -0.4 is 9.64 Å². The number of hydrogen-bond donors (Lipinski definition) is 1. The Bertz CT molecular complexity index is 1600. The van der Waals surface area contributed by atoms with Gasteiger partial charge < -0.3 is 9.84 Å². The molecule has 6 rings (SSSR count). The molecule has 0 radical (unpaired) electrons. The monoisotopic (exact) mass is 706 g/mol. The molecule has 42 heavy (non-hydrogen) atoms. The fourth-order valence-electron chi connectivity index (χ4n) is 7.69. The van der Waals surface area contributed by atoms with E-state index in [-0.39, 0.29) is 40.4 Å². The smallest absolute Gasteiger partial charge is 0.241 e. The highest BCUT2D eigenvalue weighted by Crippen LogP contribution is 2.64. The summed E-state index contributed by atoms with van der Waals surface area (Å²) >= 11 is 8.04. The molecule has 3 fully saturated rings. The number of nitrogens with zero attached hydrogens (tertiary/aromatic N) is 2. The van der Waals surface area contributed by atoms with E-state index in [9.17, 15) is 28.7 Å². The van der Waals surface area contributed by atoms with Crippen LogP contribution in [0, 0.1) is 38.5 Å². The van der Waals surface area contributed by atoms with Gasteiger partial charge in [-0.2, -0.15) is 0 Å². The van der Waals surface area contributed by atoms with Crippen LogP contribution in [0.4, 0.5) is 10.1 Å². The zero-order valence-corrected chi connectivity index (χ0v) is 26.1. The minimum absolute atomic E-state index is 0.0446. The van der Waals surface area contributed by atoms with Gasteiger partial charge in [-0.3, -0.25) is 24.1 Å². The quantitative estimate of drug-likeness (QED) is 0.253. The van der Waals surface area contributed by atoms with E-state index in [1.165, 1.54) is 24.1 Å². The van der Waals surface area contributed by atoms with E-state index < -0.39 is 52.6 Å². The third kappa shape index (κ3) is 3.97. The van der Waals surface area contributed by atoms with Crippen LogP contribution in [0.2, 0.25) is 5.02 Å². The van der Waals surface area contributed by atoms with Crippen LogP contribution in [0.15, 0.2) is 42.0 Å². The minimum atomic E-state index is -1.28. The predicted molar refractivity (Wildman–Crippen MR) is 160 cm³/mol. The minimum Gasteiger partial charge on any atom is -0.504 e. The number of benzene rings is 2. The summed E-state index contributed by atoms with van der Waals surface area (Å²) < 4.78 is 20.0. The number of carbonyl (C=O) groups excluding carboxylic acids is 4. The number of methoxy groups -OCH3 is 1. The van der Waals surface area contributed by atoms with Crippen molar-refractivity contribution < 1.29 is 33.4 Å². The first kappa shape index (κ1) is 29.1. The number of rotatable bonds is 5. The molecule has 6 atom stereocenters. The van der Waals surface area contributed by atoms with Gasteiger partial charge in [-0.05, 0) is 90.6 Å². The normalized spacial score (nSPS) is 30.3. The first-order valence-electron chi connectivity index (χ1n) is 13.9. The van der Waals surface area contributed by atoms with E-state index in [0.717, 1.165) is 16.5 Å². The molecule has 4 amide bonds. The highest BCUT2D eigenvalue weighted by atomic mass is 127. The van der Waals surface area contributed by atoms with Crippen molar-refractivity contribution >= 4 is 63.5 Å². The molecule has 1 saturated carbocycles. The van der Waals surface area contributed by atoms with Crippen molar-refractivity contribution in [2.24, 2.45) is 29.1 Å². The molecule has 2 aliphatic carbocycles. The van der Waals surface area contributed by atoms with Crippen molar-refractivity contribution in [1.29, 1.82) is 0 Å². The molecule has 2 aromatic rings. The lowest BCUT2D eigenvalue weighted by atomic mass is 9.51. The van der Waals surface area contributed by atoms with Gasteiger partial charge in [0.05, 0.1) is 44.6 Å². The van der Waals surface area contributed by atoms with E-state index in [1.54, 1.807) is 19.1 Å². The van der Waals surface area contributed by atoms with Gasteiger partial charge in [0, 0.05) is 12.5 Å². The number of carbonyl (C=O) groups is 4. The Hall–Kier alpha value is -2.99. The van der Waals surface area contributed by atoms with Gasteiger partial charge in [0.2, 0.25) is 23.6 Å². The summed E-state index contributed by atoms with van der Waals surface area (Å²) in [7, 11) is 1.43. The van der Waals surface area contributed by atoms with E-state index >= 15 is 0 Å². The summed E-state index contributed by atoms with van der Waals surface area (Å²) in [6, 6.07) is 7.16. The Morgan fingerprint density at radius 2 is 1.86 bits per heavy atom. The maximum atomic E-state index is 14.4. The number of ether oxygens (including phenoxy) is 1. The second kappa shape index (κ2) is 10.3. The number of anilines is 1. The van der Waals surface area contributed by atoms with Gasteiger partial charge in [0.15, 0.2) is 11.5 Å². The van der Waals surface area contributed by atoms with Gasteiger partial charge in [0.25, 0.3) is 0 Å². The first-order chi connectivity index (χ1) is 19.9. The Labute approximate surface area is 261 Å². The average molecular weight is 707 g/mol. The number of likely N-dealkylation sites (tertiary alicyclic amines) is 1. The molecule has 2 saturated heterocycles. The summed E-state index contributed by atoms with van der Waals surface area (Å²) in [4.78, 5) is 58.1. The highest BCUT2D eigenvalue weighted by Gasteiger charge is 2.67. The lowest BCUT2D eigenvalue weighted by molar-refractivity contribution is -0.140. The number of phenolic OH excluding ortho intramolecular Hbond substituents is 1. The van der Waals surface area contributed by atoms with Crippen molar-refractivity contribution in [3.63, 3.8) is 0 Å². The van der Waals surface area contributed by atoms with Crippen LogP contribution in [0.3, 0.4) is 0 Å². The second-order valence-corrected chi connectivity index (χ2v) is 13.2. The number of fused-ring (bicyclic) bond motifs is 4. The number of allylic oxidation sites excluding steroid dienone is 2. The Morgan fingerprint density at radius 3 is 2.52 bits per heavy atom. The summed E-state index contributed by atoms with van der Waals surface area (Å²) in [5.41, 5.74) is 0.364. The molecular weight excluding hydrogens is 678 g/mol. The maximum absolute atomic E-state index is 14.4. The van der Waals surface area contributed by atoms with Crippen LogP contribution in [0.1, 0.15) is 44.6 Å². The zero-order valence-electron chi connectivity index (χ0n) is 23.2. The molecule has 2 heterocycles. The molecular formula is C31H29ClFIN2O6. The molecule has 8 nitrogen and oxygen atoms in total. The Kier molecular flexibility index (Phi) is 7.15. The second-order valence-electron chi connectivity index (χ2n) is 11.6. The van der Waals surface area contributed by atoms with Crippen molar-refractivity contribution in [1.82, 2.24) is 4.90 Å². The third-order valence-electron chi connectivity index (χ3n) is 9.58. The molecule has 2 aromatic carbocycles. The van der Waals surface area contributed by atoms with E-state index in [2.05, 4.69) is 0 Å². The fraction of sp³-hybridized carbons (Fsp3) is 0.419. The lowest BCUT2D eigenvalue weighted by Gasteiger charge is -2.49. The third-order valence-corrected chi connectivity index (χ3v) is 10.7. The van der Waals surface area contributed by atoms with Gasteiger partial charge >= 0.3 is 0 Å². The van der Waals surface area contributed by atoms with Crippen LogP contribution in [0.5, 0.6) is 11.5 Å². The van der Waals surface area contributed by atoms with Crippen molar-refractivity contribution in [2.75, 3.05) is 18.6 Å². The number of amides is 4. The Morgan fingerprint density at radius 1 is 1.12 bits per heavy atom. The molecule has 6 unspecified atom stereocenters. The summed E-state index contributed by atoms with van der Waals surface area (Å²) in [6.45, 7) is 4.00. The Balaban J connectivity index is 1.54. The maximum Gasteiger partial charge on any atom is 0.241 e. The van der Waals surface area contributed by atoms with E-state index in [4.69, 9.17) is 16.3 Å². The molecule has 0 aromatic heterocycles. The largest absolute Gasteiger partial charge is 0.504 e. The van der Waals surface area contributed by atoms with Crippen LogP contribution in [-0.4, -0.2) is 47.3 Å². The van der Waals surface area contributed by atoms with Gasteiger partial charge in [-0.15, -0.1) is 0 Å². The van der Waals surface area contributed by atoms with Crippen molar-refractivity contribution in [3.8, 4) is 11.5 Å². The van der Waals surface area contributed by atoms with Crippen molar-refractivity contribution in [3.05, 3.63) is 62.0 Å². The molecule has 0 spiro atoms. The van der Waals surface area contributed by atoms with Gasteiger partial charge in [0.1, 0.15) is 5.82 Å². The lowest BCUT2D eigenvalue weighted by Crippen LogP contribution is -2.48. The highest BCUT2D eigenvalue weighted by molar-refractivity contribution is 14.1. The number of aromatic hydroxyl groups is 1.